The molecule has 128 valence electrons. The van der Waals surface area contributed by atoms with E-state index in [1.807, 2.05) is 55.5 Å². The number of aryl methyl sites for hydroxylation is 1. The van der Waals surface area contributed by atoms with E-state index in [0.717, 1.165) is 11.3 Å². The zero-order valence-electron chi connectivity index (χ0n) is 13.9. The molecule has 0 bridgehead atoms. The lowest BCUT2D eigenvalue weighted by molar-refractivity contribution is -0.113. The van der Waals surface area contributed by atoms with Gasteiger partial charge in [-0.3, -0.25) is 4.79 Å². The fourth-order valence-corrected chi connectivity index (χ4v) is 2.72. The average molecular weight is 355 g/mol. The van der Waals surface area contributed by atoms with Crippen LogP contribution >= 0.6 is 11.8 Å². The van der Waals surface area contributed by atoms with Crippen molar-refractivity contribution in [3.8, 4) is 17.2 Å². The number of thioether (sulfide) groups is 1. The van der Waals surface area contributed by atoms with Crippen molar-refractivity contribution in [1.29, 1.82) is 0 Å². The lowest BCUT2D eigenvalue weighted by atomic mass is 10.2. The fourth-order valence-electron chi connectivity index (χ4n) is 2.16. The molecule has 0 spiro atoms. The van der Waals surface area contributed by atoms with E-state index in [9.17, 15) is 4.79 Å². The second-order valence-corrected chi connectivity index (χ2v) is 6.20. The second kappa shape index (κ2) is 7.85. The number of anilines is 1. The molecule has 1 amide bonds. The smallest absolute Gasteiger partial charge is 0.277 e. The summed E-state index contributed by atoms with van der Waals surface area (Å²) in [6.07, 6.45) is 0. The maximum atomic E-state index is 12.0. The monoisotopic (exact) mass is 355 g/mol. The summed E-state index contributed by atoms with van der Waals surface area (Å²) in [5.41, 5.74) is 2.62. The molecule has 0 unspecified atom stereocenters. The molecule has 25 heavy (non-hydrogen) atoms. The van der Waals surface area contributed by atoms with Crippen LogP contribution in [-0.2, 0) is 4.79 Å². The van der Waals surface area contributed by atoms with Gasteiger partial charge in [0.1, 0.15) is 5.75 Å². The highest BCUT2D eigenvalue weighted by atomic mass is 32.2. The van der Waals surface area contributed by atoms with Gasteiger partial charge in [0.05, 0.1) is 18.4 Å². The van der Waals surface area contributed by atoms with Gasteiger partial charge in [-0.15, -0.1) is 10.2 Å². The van der Waals surface area contributed by atoms with Gasteiger partial charge in [-0.1, -0.05) is 41.6 Å². The zero-order chi connectivity index (χ0) is 17.6. The average Bonchev–Trinajstić information content (AvgIpc) is 3.11. The Bertz CT molecular complexity index is 862. The zero-order valence-corrected chi connectivity index (χ0v) is 14.7. The number of aromatic nitrogens is 2. The highest BCUT2D eigenvalue weighted by Crippen LogP contribution is 2.30. The van der Waals surface area contributed by atoms with Gasteiger partial charge in [0.15, 0.2) is 0 Å². The maximum absolute atomic E-state index is 12.0. The van der Waals surface area contributed by atoms with Crippen LogP contribution in [0.4, 0.5) is 5.69 Å². The summed E-state index contributed by atoms with van der Waals surface area (Å²) in [4.78, 5) is 12.0. The van der Waals surface area contributed by atoms with Crippen LogP contribution in [0.25, 0.3) is 11.5 Å². The first-order valence-corrected chi connectivity index (χ1v) is 8.60. The van der Waals surface area contributed by atoms with Crippen molar-refractivity contribution in [3.05, 3.63) is 54.1 Å². The third-order valence-electron chi connectivity index (χ3n) is 3.41. The van der Waals surface area contributed by atoms with Crippen LogP contribution in [-0.4, -0.2) is 29.0 Å². The van der Waals surface area contributed by atoms with Gasteiger partial charge >= 0.3 is 0 Å². The molecule has 3 rings (SSSR count). The number of amides is 1. The maximum Gasteiger partial charge on any atom is 0.277 e. The number of nitrogens with zero attached hydrogens (tertiary/aromatic N) is 2. The topological polar surface area (TPSA) is 77.2 Å². The third-order valence-corrected chi connectivity index (χ3v) is 4.22. The molecule has 0 fully saturated rings. The number of nitrogens with one attached hydrogen (secondary N) is 1. The van der Waals surface area contributed by atoms with E-state index in [1.165, 1.54) is 11.8 Å². The number of methoxy groups -OCH3 is 1. The van der Waals surface area contributed by atoms with E-state index in [0.29, 0.717) is 22.4 Å². The summed E-state index contributed by atoms with van der Waals surface area (Å²) in [6.45, 7) is 2.00. The van der Waals surface area contributed by atoms with Crippen LogP contribution in [0.2, 0.25) is 0 Å². The van der Waals surface area contributed by atoms with Gasteiger partial charge < -0.3 is 14.5 Å². The van der Waals surface area contributed by atoms with Crippen LogP contribution in [0.3, 0.4) is 0 Å². The van der Waals surface area contributed by atoms with Crippen LogP contribution in [0.5, 0.6) is 5.75 Å². The molecule has 6 nitrogen and oxygen atoms in total. The molecule has 0 radical (unpaired) electrons. The van der Waals surface area contributed by atoms with Gasteiger partial charge in [0, 0.05) is 5.69 Å². The minimum atomic E-state index is -0.133. The number of carbonyl (C=O) groups excluding carboxylic acids is 1. The molecule has 0 saturated heterocycles. The van der Waals surface area contributed by atoms with E-state index in [1.54, 1.807) is 7.11 Å². The van der Waals surface area contributed by atoms with Gasteiger partial charge in [-0.2, -0.15) is 0 Å². The Morgan fingerprint density at radius 2 is 1.92 bits per heavy atom. The number of hydrogen-bond acceptors (Lipinski definition) is 6. The molecular formula is C18H17N3O3S. The first-order valence-electron chi connectivity index (χ1n) is 7.62. The van der Waals surface area contributed by atoms with Crippen molar-refractivity contribution in [2.45, 2.75) is 12.1 Å². The van der Waals surface area contributed by atoms with E-state index in [-0.39, 0.29) is 11.7 Å². The molecule has 0 aliphatic rings. The number of benzene rings is 2. The van der Waals surface area contributed by atoms with Crippen molar-refractivity contribution in [1.82, 2.24) is 10.2 Å². The first-order chi connectivity index (χ1) is 12.2. The van der Waals surface area contributed by atoms with Gasteiger partial charge in [-0.05, 0) is 31.2 Å². The van der Waals surface area contributed by atoms with Crippen LogP contribution in [0, 0.1) is 6.92 Å². The quantitative estimate of drug-likeness (QED) is 0.678. The number of para-hydroxylation sites is 1. The Balaban J connectivity index is 1.60. The Hall–Kier alpha value is -2.80. The van der Waals surface area contributed by atoms with Gasteiger partial charge in [0.2, 0.25) is 5.91 Å². The van der Waals surface area contributed by atoms with E-state index >= 15 is 0 Å². The van der Waals surface area contributed by atoms with Crippen molar-refractivity contribution < 1.29 is 13.9 Å². The highest BCUT2D eigenvalue weighted by Gasteiger charge is 2.14. The molecule has 0 atom stereocenters. The predicted octanol–water partition coefficient (Wildman–Crippen LogP) is 3.78. The second-order valence-electron chi connectivity index (χ2n) is 5.28. The van der Waals surface area contributed by atoms with E-state index in [4.69, 9.17) is 9.15 Å². The predicted molar refractivity (Wildman–Crippen MR) is 96.8 cm³/mol. The largest absolute Gasteiger partial charge is 0.496 e. The molecule has 1 N–H and O–H groups in total. The highest BCUT2D eigenvalue weighted by molar-refractivity contribution is 7.99. The van der Waals surface area contributed by atoms with E-state index < -0.39 is 0 Å². The van der Waals surface area contributed by atoms with Gasteiger partial charge in [-0.25, -0.2) is 0 Å². The Morgan fingerprint density at radius 1 is 1.16 bits per heavy atom. The minimum absolute atomic E-state index is 0.133. The van der Waals surface area contributed by atoms with Gasteiger partial charge in [0.25, 0.3) is 11.1 Å². The van der Waals surface area contributed by atoms with Crippen molar-refractivity contribution in [3.63, 3.8) is 0 Å². The molecule has 1 aromatic heterocycles. The molecule has 0 aliphatic heterocycles. The van der Waals surface area contributed by atoms with Crippen molar-refractivity contribution >= 4 is 23.4 Å². The van der Waals surface area contributed by atoms with Crippen LogP contribution < -0.4 is 10.1 Å². The fraction of sp³-hybridized carbons (Fsp3) is 0.167. The molecule has 1 heterocycles. The molecule has 3 aromatic rings. The van der Waals surface area contributed by atoms with Crippen LogP contribution in [0.1, 0.15) is 5.56 Å². The summed E-state index contributed by atoms with van der Waals surface area (Å²) in [5.74, 6) is 1.06. The van der Waals surface area contributed by atoms with Crippen molar-refractivity contribution in [2.24, 2.45) is 0 Å². The molecule has 2 aromatic carbocycles. The summed E-state index contributed by atoms with van der Waals surface area (Å²) in [6, 6.07) is 15.0. The number of ether oxygens (including phenoxy) is 1. The Kier molecular flexibility index (Phi) is 5.35. The Morgan fingerprint density at radius 3 is 2.68 bits per heavy atom. The number of rotatable bonds is 6. The summed E-state index contributed by atoms with van der Waals surface area (Å²) < 4.78 is 10.9. The van der Waals surface area contributed by atoms with Crippen LogP contribution in [0.15, 0.2) is 58.2 Å². The Labute approximate surface area is 149 Å². The first kappa shape index (κ1) is 17.0. The SMILES string of the molecule is COc1ccccc1-c1nnc(SCC(=O)Nc2ccc(C)cc2)o1. The molecular weight excluding hydrogens is 338 g/mol. The summed E-state index contributed by atoms with van der Waals surface area (Å²) >= 11 is 1.19. The number of carbonyl (C=O) groups is 1. The van der Waals surface area contributed by atoms with Crippen molar-refractivity contribution in [2.75, 3.05) is 18.2 Å². The summed E-state index contributed by atoms with van der Waals surface area (Å²) in [7, 11) is 1.58. The molecule has 0 saturated carbocycles. The normalized spacial score (nSPS) is 10.5. The minimum Gasteiger partial charge on any atom is -0.496 e. The molecule has 7 heteroatoms. The number of hydrogen-bond donors (Lipinski definition) is 1. The lowest BCUT2D eigenvalue weighted by Crippen LogP contribution is -2.13. The van der Waals surface area contributed by atoms with E-state index in [2.05, 4.69) is 15.5 Å². The summed E-state index contributed by atoms with van der Waals surface area (Å²) in [5, 5.41) is 11.1. The third kappa shape index (κ3) is 4.39. The lowest BCUT2D eigenvalue weighted by Gasteiger charge is -2.04. The standard InChI is InChI=1S/C18H17N3O3S/c1-12-7-9-13(10-8-12)19-16(22)11-25-18-21-20-17(24-18)14-5-3-4-6-15(14)23-2/h3-10H,11H2,1-2H3,(H,19,22). The molecule has 0 aliphatic carbocycles.